The second-order valence-electron chi connectivity index (χ2n) is 6.53. The molecule has 0 unspecified atom stereocenters. The maximum atomic E-state index is 12.7. The number of anilines is 1. The summed E-state index contributed by atoms with van der Waals surface area (Å²) >= 11 is 0. The molecule has 134 valence electrons. The number of H-pyrrole nitrogens is 1. The van der Waals surface area contributed by atoms with E-state index in [9.17, 15) is 9.59 Å². The van der Waals surface area contributed by atoms with Crippen LogP contribution in [-0.4, -0.2) is 22.8 Å². The second kappa shape index (κ2) is 7.44. The van der Waals surface area contributed by atoms with Gasteiger partial charge in [-0.3, -0.25) is 9.59 Å². The topological polar surface area (TPSA) is 74.0 Å². The lowest BCUT2D eigenvalue weighted by atomic mass is 10.1. The number of fused-ring (bicyclic) bond motifs is 1. The summed E-state index contributed by atoms with van der Waals surface area (Å²) in [5.41, 5.74) is 3.25. The van der Waals surface area contributed by atoms with Crippen molar-refractivity contribution in [3.05, 3.63) is 65.4 Å². The Bertz CT molecular complexity index is 959. The lowest BCUT2D eigenvalue weighted by Crippen LogP contribution is -2.32. The van der Waals surface area contributed by atoms with Crippen LogP contribution in [0.4, 0.5) is 5.69 Å². The highest BCUT2D eigenvalue weighted by molar-refractivity contribution is 6.15. The number of rotatable bonds is 5. The number of nitrogens with one attached hydrogen (secondary N) is 3. The molecule has 0 aliphatic rings. The lowest BCUT2D eigenvalue weighted by Gasteiger charge is -2.12. The molecule has 0 saturated carbocycles. The standard InChI is InChI=1S/C21H23N3O2/c1-4-14(3)22-21(26)19-18(16-10-5-6-11-17(16)23-19)24-20(25)15-9-7-8-13(2)12-15/h5-12,14,23H,4H2,1-3H3,(H,22,26)(H,24,25)/t14-/m0/s1. The number of carbonyl (C=O) groups is 2. The zero-order chi connectivity index (χ0) is 18.7. The number of hydrogen-bond acceptors (Lipinski definition) is 2. The molecular weight excluding hydrogens is 326 g/mol. The molecule has 3 aromatic rings. The van der Waals surface area contributed by atoms with Gasteiger partial charge in [0, 0.05) is 22.5 Å². The Labute approximate surface area is 152 Å². The SMILES string of the molecule is CC[C@H](C)NC(=O)c1[nH]c2ccccc2c1NC(=O)c1cccc(C)c1. The highest BCUT2D eigenvalue weighted by Gasteiger charge is 2.21. The normalized spacial score (nSPS) is 12.0. The minimum atomic E-state index is -0.240. The first-order valence-electron chi connectivity index (χ1n) is 8.79. The summed E-state index contributed by atoms with van der Waals surface area (Å²) in [6.45, 7) is 5.90. The monoisotopic (exact) mass is 349 g/mol. The van der Waals surface area contributed by atoms with E-state index in [1.807, 2.05) is 63.2 Å². The Morgan fingerprint density at radius 3 is 2.58 bits per heavy atom. The molecule has 1 atom stereocenters. The maximum absolute atomic E-state index is 12.7. The molecule has 5 heteroatoms. The molecule has 2 amide bonds. The summed E-state index contributed by atoms with van der Waals surface area (Å²) in [6, 6.07) is 15.0. The van der Waals surface area contributed by atoms with Crippen molar-refractivity contribution >= 4 is 28.4 Å². The summed E-state index contributed by atoms with van der Waals surface area (Å²) in [7, 11) is 0. The van der Waals surface area contributed by atoms with Crippen molar-refractivity contribution in [2.45, 2.75) is 33.2 Å². The number of para-hydroxylation sites is 1. The average Bonchev–Trinajstić information content (AvgIpc) is 3.00. The van der Waals surface area contributed by atoms with Crippen LogP contribution in [0.1, 0.15) is 46.7 Å². The molecule has 3 N–H and O–H groups in total. The minimum absolute atomic E-state index is 0.0502. The van der Waals surface area contributed by atoms with E-state index in [-0.39, 0.29) is 17.9 Å². The van der Waals surface area contributed by atoms with Crippen LogP contribution in [-0.2, 0) is 0 Å². The van der Waals surface area contributed by atoms with Gasteiger partial charge < -0.3 is 15.6 Å². The van der Waals surface area contributed by atoms with Gasteiger partial charge in [-0.15, -0.1) is 0 Å². The van der Waals surface area contributed by atoms with E-state index in [0.717, 1.165) is 22.9 Å². The van der Waals surface area contributed by atoms with Gasteiger partial charge in [-0.25, -0.2) is 0 Å². The predicted octanol–water partition coefficient (Wildman–Crippen LogP) is 4.26. The molecule has 0 bridgehead atoms. The smallest absolute Gasteiger partial charge is 0.270 e. The summed E-state index contributed by atoms with van der Waals surface area (Å²) in [5, 5.41) is 6.67. The van der Waals surface area contributed by atoms with Crippen molar-refractivity contribution in [1.82, 2.24) is 10.3 Å². The van der Waals surface area contributed by atoms with Crippen LogP contribution in [0.2, 0.25) is 0 Å². The largest absolute Gasteiger partial charge is 0.349 e. The maximum Gasteiger partial charge on any atom is 0.270 e. The molecule has 3 rings (SSSR count). The van der Waals surface area contributed by atoms with E-state index in [4.69, 9.17) is 0 Å². The molecule has 26 heavy (non-hydrogen) atoms. The van der Waals surface area contributed by atoms with Gasteiger partial charge in [0.05, 0.1) is 5.69 Å². The zero-order valence-electron chi connectivity index (χ0n) is 15.2. The highest BCUT2D eigenvalue weighted by atomic mass is 16.2. The molecule has 0 aliphatic carbocycles. The number of benzene rings is 2. The van der Waals surface area contributed by atoms with E-state index in [1.54, 1.807) is 6.07 Å². The predicted molar refractivity (Wildman–Crippen MR) is 105 cm³/mol. The Kier molecular flexibility index (Phi) is 5.07. The minimum Gasteiger partial charge on any atom is -0.349 e. The van der Waals surface area contributed by atoms with E-state index in [2.05, 4.69) is 15.6 Å². The number of aromatic amines is 1. The Balaban J connectivity index is 1.99. The first-order chi connectivity index (χ1) is 12.5. The zero-order valence-corrected chi connectivity index (χ0v) is 15.2. The third-order valence-corrected chi connectivity index (χ3v) is 4.44. The van der Waals surface area contributed by atoms with Crippen molar-refractivity contribution in [3.8, 4) is 0 Å². The molecule has 0 saturated heterocycles. The molecule has 5 nitrogen and oxygen atoms in total. The number of hydrogen-bond donors (Lipinski definition) is 3. The summed E-state index contributed by atoms with van der Waals surface area (Å²) in [6.07, 6.45) is 0.830. The van der Waals surface area contributed by atoms with Crippen LogP contribution in [0.15, 0.2) is 48.5 Å². The van der Waals surface area contributed by atoms with Crippen LogP contribution in [0.25, 0.3) is 10.9 Å². The average molecular weight is 349 g/mol. The van der Waals surface area contributed by atoms with Crippen molar-refractivity contribution in [1.29, 1.82) is 0 Å². The van der Waals surface area contributed by atoms with Crippen LogP contribution >= 0.6 is 0 Å². The summed E-state index contributed by atoms with van der Waals surface area (Å²) in [4.78, 5) is 28.5. The Morgan fingerprint density at radius 1 is 1.08 bits per heavy atom. The molecule has 0 aliphatic heterocycles. The molecule has 0 fully saturated rings. The Morgan fingerprint density at radius 2 is 1.85 bits per heavy atom. The van der Waals surface area contributed by atoms with E-state index < -0.39 is 0 Å². The van der Waals surface area contributed by atoms with Crippen molar-refractivity contribution < 1.29 is 9.59 Å². The fraction of sp³-hybridized carbons (Fsp3) is 0.238. The van der Waals surface area contributed by atoms with E-state index in [0.29, 0.717) is 16.9 Å². The van der Waals surface area contributed by atoms with E-state index >= 15 is 0 Å². The van der Waals surface area contributed by atoms with E-state index in [1.165, 1.54) is 0 Å². The molecule has 0 radical (unpaired) electrons. The summed E-state index contributed by atoms with van der Waals surface area (Å²) in [5.74, 6) is -0.467. The second-order valence-corrected chi connectivity index (χ2v) is 6.53. The molecular formula is C21H23N3O2. The van der Waals surface area contributed by atoms with Crippen LogP contribution in [0.5, 0.6) is 0 Å². The van der Waals surface area contributed by atoms with Gasteiger partial charge in [0.25, 0.3) is 11.8 Å². The highest BCUT2D eigenvalue weighted by Crippen LogP contribution is 2.28. The van der Waals surface area contributed by atoms with Crippen molar-refractivity contribution in [2.24, 2.45) is 0 Å². The molecule has 2 aromatic carbocycles. The van der Waals surface area contributed by atoms with Crippen LogP contribution in [0.3, 0.4) is 0 Å². The lowest BCUT2D eigenvalue weighted by molar-refractivity contribution is 0.0936. The van der Waals surface area contributed by atoms with Crippen molar-refractivity contribution in [3.63, 3.8) is 0 Å². The third kappa shape index (κ3) is 3.61. The van der Waals surface area contributed by atoms with Gasteiger partial charge in [0.15, 0.2) is 0 Å². The molecule has 1 aromatic heterocycles. The molecule has 0 spiro atoms. The number of aryl methyl sites for hydroxylation is 1. The fourth-order valence-electron chi connectivity index (χ4n) is 2.81. The third-order valence-electron chi connectivity index (χ3n) is 4.44. The number of carbonyl (C=O) groups excluding carboxylic acids is 2. The summed E-state index contributed by atoms with van der Waals surface area (Å²) < 4.78 is 0. The fourth-order valence-corrected chi connectivity index (χ4v) is 2.81. The molecule has 1 heterocycles. The Hall–Kier alpha value is -3.08. The quantitative estimate of drug-likeness (QED) is 0.644. The van der Waals surface area contributed by atoms with Crippen molar-refractivity contribution in [2.75, 3.05) is 5.32 Å². The van der Waals surface area contributed by atoms with Gasteiger partial charge >= 0.3 is 0 Å². The number of aromatic nitrogens is 1. The van der Waals surface area contributed by atoms with Gasteiger partial charge in [-0.05, 0) is 38.5 Å². The van der Waals surface area contributed by atoms with Gasteiger partial charge in [0.2, 0.25) is 0 Å². The van der Waals surface area contributed by atoms with Crippen LogP contribution in [0, 0.1) is 6.92 Å². The van der Waals surface area contributed by atoms with Crippen LogP contribution < -0.4 is 10.6 Å². The van der Waals surface area contributed by atoms with Gasteiger partial charge in [-0.1, -0.05) is 42.8 Å². The number of amides is 2. The first kappa shape index (κ1) is 17.7. The van der Waals surface area contributed by atoms with Gasteiger partial charge in [-0.2, -0.15) is 0 Å². The van der Waals surface area contributed by atoms with Gasteiger partial charge in [0.1, 0.15) is 5.69 Å². The first-order valence-corrected chi connectivity index (χ1v) is 8.79.